The largest absolute Gasteiger partial charge is 0.321 e. The van der Waals surface area contributed by atoms with E-state index in [-0.39, 0.29) is 11.8 Å². The zero-order chi connectivity index (χ0) is 21.6. The average molecular weight is 420 g/mol. The Balaban J connectivity index is 1.24. The normalized spacial score (nSPS) is 18.0. The summed E-state index contributed by atoms with van der Waals surface area (Å²) in [4.78, 5) is 28.9. The molecule has 0 spiro atoms. The molecular formula is C24H29N5O2. The molecular weight excluding hydrogens is 390 g/mol. The summed E-state index contributed by atoms with van der Waals surface area (Å²) in [5.74, 6) is -0.316. The molecule has 0 unspecified atom stereocenters. The van der Waals surface area contributed by atoms with Crippen molar-refractivity contribution in [3.63, 3.8) is 0 Å². The fraction of sp³-hybridized carbons (Fsp3) is 0.375. The Morgan fingerprint density at radius 2 is 1.45 bits per heavy atom. The molecule has 2 heterocycles. The Kier molecular flexibility index (Phi) is 6.74. The molecule has 1 fully saturated rings. The Morgan fingerprint density at radius 3 is 2.03 bits per heavy atom. The van der Waals surface area contributed by atoms with Gasteiger partial charge in [-0.25, -0.2) is 5.01 Å². The van der Waals surface area contributed by atoms with Crippen molar-refractivity contribution in [2.24, 2.45) is 5.10 Å². The fourth-order valence-corrected chi connectivity index (χ4v) is 3.93. The van der Waals surface area contributed by atoms with E-state index in [1.165, 1.54) is 16.1 Å². The summed E-state index contributed by atoms with van der Waals surface area (Å²) in [5, 5.41) is 8.18. The highest BCUT2D eigenvalue weighted by molar-refractivity contribution is 6.43. The molecule has 2 aliphatic rings. The van der Waals surface area contributed by atoms with Crippen LogP contribution >= 0.6 is 0 Å². The van der Waals surface area contributed by atoms with E-state index in [2.05, 4.69) is 62.7 Å². The van der Waals surface area contributed by atoms with E-state index in [9.17, 15) is 9.59 Å². The summed E-state index contributed by atoms with van der Waals surface area (Å²) < 4.78 is 0. The Bertz CT molecular complexity index is 934. The second-order valence-corrected chi connectivity index (χ2v) is 8.15. The van der Waals surface area contributed by atoms with E-state index in [1.54, 1.807) is 7.05 Å². The van der Waals surface area contributed by atoms with Crippen LogP contribution in [0.3, 0.4) is 0 Å². The van der Waals surface area contributed by atoms with Crippen LogP contribution in [0.2, 0.25) is 0 Å². The molecule has 0 radical (unpaired) electrons. The number of piperazine rings is 1. The van der Waals surface area contributed by atoms with Crippen molar-refractivity contribution < 1.29 is 9.59 Å². The number of hydrazone groups is 1. The number of carbonyl (C=O) groups is 2. The smallest absolute Gasteiger partial charge is 0.271 e. The van der Waals surface area contributed by atoms with Crippen LogP contribution in [0, 0.1) is 0 Å². The first-order chi connectivity index (χ1) is 15.1. The number of hydrogen-bond donors (Lipinski definition) is 1. The lowest BCUT2D eigenvalue weighted by Gasteiger charge is -2.34. The van der Waals surface area contributed by atoms with Crippen molar-refractivity contribution in [2.75, 3.05) is 38.5 Å². The lowest BCUT2D eigenvalue weighted by Crippen LogP contribution is -2.45. The van der Waals surface area contributed by atoms with E-state index < -0.39 is 0 Å². The highest BCUT2D eigenvalue weighted by atomic mass is 16.2. The van der Waals surface area contributed by atoms with Crippen LogP contribution in [0.25, 0.3) is 0 Å². The summed E-state index contributed by atoms with van der Waals surface area (Å²) in [6.07, 6.45) is 0.698. The van der Waals surface area contributed by atoms with Gasteiger partial charge in [-0.2, -0.15) is 5.10 Å². The van der Waals surface area contributed by atoms with Crippen LogP contribution in [0.15, 0.2) is 59.7 Å². The topological polar surface area (TPSA) is 68.2 Å². The van der Waals surface area contributed by atoms with E-state index >= 15 is 0 Å². The molecule has 31 heavy (non-hydrogen) atoms. The number of benzene rings is 2. The molecule has 0 aliphatic carbocycles. The molecule has 1 N–H and O–H groups in total. The Hall–Kier alpha value is -3.03. The number of amides is 2. The van der Waals surface area contributed by atoms with Crippen LogP contribution < -0.4 is 5.32 Å². The quantitative estimate of drug-likeness (QED) is 0.781. The van der Waals surface area contributed by atoms with E-state index in [0.29, 0.717) is 18.6 Å². The third-order valence-electron chi connectivity index (χ3n) is 5.80. The van der Waals surface area contributed by atoms with Crippen LogP contribution in [-0.2, 0) is 22.7 Å². The molecule has 1 saturated heterocycles. The van der Waals surface area contributed by atoms with Crippen LogP contribution in [0.5, 0.6) is 0 Å². The first-order valence-electron chi connectivity index (χ1n) is 10.8. The second-order valence-electron chi connectivity index (χ2n) is 8.15. The van der Waals surface area contributed by atoms with Gasteiger partial charge in [-0.3, -0.25) is 19.4 Å². The van der Waals surface area contributed by atoms with Crippen molar-refractivity contribution in [1.29, 1.82) is 0 Å². The minimum absolute atomic E-state index is 0.0678. The van der Waals surface area contributed by atoms with Gasteiger partial charge in [0.2, 0.25) is 5.91 Å². The number of rotatable bonds is 6. The Morgan fingerprint density at radius 1 is 0.871 bits per heavy atom. The summed E-state index contributed by atoms with van der Waals surface area (Å²) in [7, 11) is 1.57. The number of nitrogens with zero attached hydrogens (tertiary/aromatic N) is 4. The SMILES string of the molecule is CN1N=C(C(=O)Nc2ccc(CN3CCN(Cc4ccccc4)CC3)cc2)CCC1=O. The van der Waals surface area contributed by atoms with Gasteiger partial charge in [0.05, 0.1) is 0 Å². The van der Waals surface area contributed by atoms with Gasteiger partial charge in [-0.05, 0) is 23.3 Å². The molecule has 4 rings (SSSR count). The summed E-state index contributed by atoms with van der Waals surface area (Å²) in [5.41, 5.74) is 3.73. The van der Waals surface area contributed by atoms with Gasteiger partial charge in [0, 0.05) is 64.8 Å². The summed E-state index contributed by atoms with van der Waals surface area (Å²) in [6, 6.07) is 18.6. The molecule has 0 atom stereocenters. The van der Waals surface area contributed by atoms with Gasteiger partial charge < -0.3 is 5.32 Å². The van der Waals surface area contributed by atoms with Gasteiger partial charge in [0.15, 0.2) is 0 Å². The van der Waals surface area contributed by atoms with Gasteiger partial charge in [-0.1, -0.05) is 42.5 Å². The minimum atomic E-state index is -0.248. The molecule has 0 aromatic heterocycles. The summed E-state index contributed by atoms with van der Waals surface area (Å²) >= 11 is 0. The third kappa shape index (κ3) is 5.77. The maximum absolute atomic E-state index is 12.4. The van der Waals surface area contributed by atoms with E-state index in [0.717, 1.165) is 45.0 Å². The fourth-order valence-electron chi connectivity index (χ4n) is 3.93. The van der Waals surface area contributed by atoms with Gasteiger partial charge in [0.25, 0.3) is 5.91 Å². The predicted molar refractivity (Wildman–Crippen MR) is 122 cm³/mol. The van der Waals surface area contributed by atoms with Crippen molar-refractivity contribution >= 4 is 23.2 Å². The van der Waals surface area contributed by atoms with Gasteiger partial charge >= 0.3 is 0 Å². The first-order valence-corrected chi connectivity index (χ1v) is 10.8. The molecule has 2 aliphatic heterocycles. The van der Waals surface area contributed by atoms with Crippen LogP contribution in [0.1, 0.15) is 24.0 Å². The second kappa shape index (κ2) is 9.85. The standard InChI is InChI=1S/C24H29N5O2/c1-27-23(30)12-11-22(26-27)24(31)25-21-9-7-20(8-10-21)18-29-15-13-28(14-16-29)17-19-5-3-2-4-6-19/h2-10H,11-18H2,1H3,(H,25,31). The number of nitrogens with one attached hydrogen (secondary N) is 1. The van der Waals surface area contributed by atoms with Crippen molar-refractivity contribution in [1.82, 2.24) is 14.8 Å². The molecule has 0 saturated carbocycles. The highest BCUT2D eigenvalue weighted by Crippen LogP contribution is 2.15. The molecule has 2 aromatic carbocycles. The monoisotopic (exact) mass is 419 g/mol. The molecule has 162 valence electrons. The molecule has 2 amide bonds. The molecule has 7 heteroatoms. The van der Waals surface area contributed by atoms with E-state index in [1.807, 2.05) is 12.1 Å². The van der Waals surface area contributed by atoms with E-state index in [4.69, 9.17) is 0 Å². The molecule has 0 bridgehead atoms. The highest BCUT2D eigenvalue weighted by Gasteiger charge is 2.22. The first kappa shape index (κ1) is 21.2. The molecule has 2 aromatic rings. The zero-order valence-corrected chi connectivity index (χ0v) is 18.0. The van der Waals surface area contributed by atoms with Crippen LogP contribution in [-0.4, -0.2) is 65.6 Å². The maximum atomic E-state index is 12.4. The number of anilines is 1. The Labute approximate surface area is 183 Å². The van der Waals surface area contributed by atoms with Crippen molar-refractivity contribution in [3.8, 4) is 0 Å². The van der Waals surface area contributed by atoms with Crippen molar-refractivity contribution in [3.05, 3.63) is 65.7 Å². The average Bonchev–Trinajstić information content (AvgIpc) is 2.79. The van der Waals surface area contributed by atoms with Gasteiger partial charge in [0.1, 0.15) is 5.71 Å². The third-order valence-corrected chi connectivity index (χ3v) is 5.80. The lowest BCUT2D eigenvalue weighted by molar-refractivity contribution is -0.130. The van der Waals surface area contributed by atoms with Crippen molar-refractivity contribution in [2.45, 2.75) is 25.9 Å². The number of carbonyl (C=O) groups excluding carboxylic acids is 2. The lowest BCUT2D eigenvalue weighted by atomic mass is 10.1. The maximum Gasteiger partial charge on any atom is 0.271 e. The van der Waals surface area contributed by atoms with Crippen LogP contribution in [0.4, 0.5) is 5.69 Å². The van der Waals surface area contributed by atoms with Gasteiger partial charge in [-0.15, -0.1) is 0 Å². The predicted octanol–water partition coefficient (Wildman–Crippen LogP) is 2.55. The number of hydrogen-bond acceptors (Lipinski definition) is 5. The molecule has 7 nitrogen and oxygen atoms in total. The minimum Gasteiger partial charge on any atom is -0.321 e. The zero-order valence-electron chi connectivity index (χ0n) is 18.0. The summed E-state index contributed by atoms with van der Waals surface area (Å²) in [6.45, 7) is 6.17.